The Morgan fingerprint density at radius 3 is 2.37 bits per heavy atom. The van der Waals surface area contributed by atoms with Crippen molar-refractivity contribution in [1.82, 2.24) is 4.72 Å². The minimum atomic E-state index is -3.96. The number of nitrogens with one attached hydrogen (secondary N) is 1. The molecule has 0 aliphatic rings. The highest BCUT2D eigenvalue weighted by Gasteiger charge is 2.24. The van der Waals surface area contributed by atoms with Crippen LogP contribution in [0.5, 0.6) is 0 Å². The van der Waals surface area contributed by atoms with Gasteiger partial charge in [0.15, 0.2) is 0 Å². The van der Waals surface area contributed by atoms with Gasteiger partial charge in [-0.3, -0.25) is 0 Å². The minimum Gasteiger partial charge on any atom is -0.465 e. The maximum atomic E-state index is 12.5. The van der Waals surface area contributed by atoms with E-state index < -0.39 is 22.0 Å². The summed E-state index contributed by atoms with van der Waals surface area (Å²) in [5.74, 6) is -0.884. The van der Waals surface area contributed by atoms with Gasteiger partial charge in [0.25, 0.3) is 0 Å². The van der Waals surface area contributed by atoms with E-state index in [4.69, 9.17) is 32.4 Å². The molecule has 0 bridgehead atoms. The highest BCUT2D eigenvalue weighted by Crippen LogP contribution is 2.29. The average molecular weight is 478 g/mol. The van der Waals surface area contributed by atoms with E-state index in [0.717, 1.165) is 12.1 Å². The molecule has 0 radical (unpaired) electrons. The summed E-state index contributed by atoms with van der Waals surface area (Å²) < 4.78 is 42.6. The van der Waals surface area contributed by atoms with Gasteiger partial charge in [0, 0.05) is 6.54 Å². The van der Waals surface area contributed by atoms with Gasteiger partial charge < -0.3 is 13.9 Å². The van der Waals surface area contributed by atoms with Crippen molar-refractivity contribution in [1.29, 1.82) is 0 Å². The normalized spacial score (nSPS) is 11.6. The highest BCUT2D eigenvalue weighted by molar-refractivity contribution is 7.89. The summed E-state index contributed by atoms with van der Waals surface area (Å²) in [6.45, 7) is 5.15. The highest BCUT2D eigenvalue weighted by atomic mass is 35.5. The lowest BCUT2D eigenvalue weighted by Gasteiger charge is -2.12. The molecule has 0 spiro atoms. The summed E-state index contributed by atoms with van der Waals surface area (Å²) in [6.07, 6.45) is 0. The van der Waals surface area contributed by atoms with Crippen LogP contribution in [0.15, 0.2) is 27.5 Å². The lowest BCUT2D eigenvalue weighted by molar-refractivity contribution is 0.0443. The quantitative estimate of drug-likeness (QED) is 0.572. The minimum absolute atomic E-state index is 0.0707. The van der Waals surface area contributed by atoms with Gasteiger partial charge in [-0.25, -0.2) is 22.7 Å². The van der Waals surface area contributed by atoms with Gasteiger partial charge in [0.05, 0.1) is 22.7 Å². The number of hydrogen-bond acceptors (Lipinski definition) is 7. The first kappa shape index (κ1) is 24.2. The molecule has 1 N–H and O–H groups in total. The number of sulfonamides is 1. The fraction of sp³-hybridized carbons (Fsp3) is 0.368. The molecular formula is C19H21Cl2NO7S. The van der Waals surface area contributed by atoms with Crippen LogP contribution in [-0.2, 0) is 26.1 Å². The van der Waals surface area contributed by atoms with Crippen molar-refractivity contribution in [2.45, 2.75) is 32.3 Å². The third-order valence-electron chi connectivity index (χ3n) is 3.93. The maximum Gasteiger partial charge on any atom is 0.341 e. The van der Waals surface area contributed by atoms with Crippen LogP contribution in [0, 0.1) is 12.8 Å². The van der Waals surface area contributed by atoms with Crippen molar-refractivity contribution in [2.75, 3.05) is 13.7 Å². The Morgan fingerprint density at radius 1 is 1.10 bits per heavy atom. The number of aryl methyl sites for hydroxylation is 1. The van der Waals surface area contributed by atoms with E-state index in [-0.39, 0.29) is 50.9 Å². The summed E-state index contributed by atoms with van der Waals surface area (Å²) in [7, 11) is -2.72. The predicted octanol–water partition coefficient (Wildman–Crippen LogP) is 3.97. The summed E-state index contributed by atoms with van der Waals surface area (Å²) in [5.41, 5.74) is 0.0279. The van der Waals surface area contributed by atoms with Crippen molar-refractivity contribution in [2.24, 2.45) is 5.92 Å². The Balaban J connectivity index is 2.23. The second kappa shape index (κ2) is 9.82. The van der Waals surface area contributed by atoms with Crippen molar-refractivity contribution >= 4 is 45.2 Å². The number of hydrogen-bond donors (Lipinski definition) is 1. The van der Waals surface area contributed by atoms with Crippen LogP contribution in [0.4, 0.5) is 0 Å². The molecule has 0 atom stereocenters. The molecule has 0 aliphatic carbocycles. The van der Waals surface area contributed by atoms with Crippen molar-refractivity contribution < 1.29 is 31.9 Å². The number of furan rings is 1. The molecule has 1 aromatic carbocycles. The van der Waals surface area contributed by atoms with Gasteiger partial charge in [0.1, 0.15) is 28.6 Å². The fourth-order valence-electron chi connectivity index (χ4n) is 2.39. The van der Waals surface area contributed by atoms with Gasteiger partial charge in [0.2, 0.25) is 10.0 Å². The van der Waals surface area contributed by atoms with Crippen LogP contribution < -0.4 is 4.72 Å². The first-order valence-electron chi connectivity index (χ1n) is 8.79. The van der Waals surface area contributed by atoms with Crippen LogP contribution in [0.2, 0.25) is 10.0 Å². The molecular weight excluding hydrogens is 457 g/mol. The van der Waals surface area contributed by atoms with E-state index in [1.54, 1.807) is 6.92 Å². The van der Waals surface area contributed by atoms with Gasteiger partial charge in [-0.2, -0.15) is 0 Å². The monoisotopic (exact) mass is 477 g/mol. The molecule has 0 unspecified atom stereocenters. The maximum absolute atomic E-state index is 12.5. The first-order chi connectivity index (χ1) is 14.0. The number of esters is 2. The van der Waals surface area contributed by atoms with Crippen LogP contribution in [-0.4, -0.2) is 34.0 Å². The molecule has 0 saturated heterocycles. The second-order valence-corrected chi connectivity index (χ2v) is 9.31. The fourth-order valence-corrected chi connectivity index (χ4v) is 4.45. The third kappa shape index (κ3) is 5.75. The zero-order valence-electron chi connectivity index (χ0n) is 16.7. The molecule has 0 amide bonds. The summed E-state index contributed by atoms with van der Waals surface area (Å²) >= 11 is 12.1. The number of benzene rings is 1. The summed E-state index contributed by atoms with van der Waals surface area (Å²) in [6, 6.07) is 3.61. The lowest BCUT2D eigenvalue weighted by atomic mass is 10.2. The molecule has 164 valence electrons. The molecule has 2 aromatic rings. The van der Waals surface area contributed by atoms with Crippen LogP contribution in [0.3, 0.4) is 0 Å². The number of ether oxygens (including phenoxy) is 2. The zero-order chi connectivity index (χ0) is 22.6. The largest absolute Gasteiger partial charge is 0.465 e. The second-order valence-electron chi connectivity index (χ2n) is 6.76. The van der Waals surface area contributed by atoms with Gasteiger partial charge in [-0.1, -0.05) is 37.0 Å². The number of methoxy groups -OCH3 is 1. The summed E-state index contributed by atoms with van der Waals surface area (Å²) in [4.78, 5) is 23.8. The van der Waals surface area contributed by atoms with E-state index >= 15 is 0 Å². The Hall–Kier alpha value is -2.07. The van der Waals surface area contributed by atoms with Gasteiger partial charge in [-0.05, 0) is 31.0 Å². The van der Waals surface area contributed by atoms with E-state index in [1.807, 2.05) is 13.8 Å². The molecule has 2 rings (SSSR count). The Bertz CT molecular complexity index is 1060. The molecule has 1 heterocycles. The zero-order valence-corrected chi connectivity index (χ0v) is 19.1. The number of carbonyl (C=O) groups is 2. The number of halogens is 2. The average Bonchev–Trinajstić information content (AvgIpc) is 3.04. The van der Waals surface area contributed by atoms with Gasteiger partial charge >= 0.3 is 11.9 Å². The molecule has 11 heteroatoms. The smallest absolute Gasteiger partial charge is 0.341 e. The van der Waals surface area contributed by atoms with Crippen LogP contribution in [0.25, 0.3) is 0 Å². The van der Waals surface area contributed by atoms with Crippen molar-refractivity contribution in [3.05, 3.63) is 50.9 Å². The Morgan fingerprint density at radius 2 is 1.77 bits per heavy atom. The molecule has 8 nitrogen and oxygen atoms in total. The van der Waals surface area contributed by atoms with Gasteiger partial charge in [-0.15, -0.1) is 0 Å². The SMILES string of the molecule is COC(=O)c1cc(COC(=O)c2cc(S(=O)(=O)NCC(C)C)c(Cl)cc2Cl)oc1C. The third-order valence-corrected chi connectivity index (χ3v) is 6.13. The molecule has 1 aromatic heterocycles. The Kier molecular flexibility index (Phi) is 7.93. The summed E-state index contributed by atoms with van der Waals surface area (Å²) in [5, 5.41) is -0.198. The lowest BCUT2D eigenvalue weighted by Crippen LogP contribution is -2.28. The van der Waals surface area contributed by atoms with Crippen molar-refractivity contribution in [3.63, 3.8) is 0 Å². The van der Waals surface area contributed by atoms with Crippen molar-refractivity contribution in [3.8, 4) is 0 Å². The molecule has 30 heavy (non-hydrogen) atoms. The van der Waals surface area contributed by atoms with E-state index in [2.05, 4.69) is 9.46 Å². The number of carbonyl (C=O) groups excluding carboxylic acids is 2. The molecule has 0 saturated carbocycles. The van der Waals surface area contributed by atoms with E-state index in [0.29, 0.717) is 5.76 Å². The molecule has 0 aliphatic heterocycles. The topological polar surface area (TPSA) is 112 Å². The molecule has 0 fully saturated rings. The van der Waals surface area contributed by atoms with Crippen LogP contribution in [0.1, 0.15) is 46.1 Å². The van der Waals surface area contributed by atoms with Crippen LogP contribution >= 0.6 is 23.2 Å². The first-order valence-corrected chi connectivity index (χ1v) is 11.0. The standard InChI is InChI=1S/C19H21Cl2NO7S/c1-10(2)8-22-30(25,26)17-6-14(15(20)7-16(17)21)19(24)28-9-12-5-13(11(3)29-12)18(23)27-4/h5-7,10,22H,8-9H2,1-4H3. The van der Waals surface area contributed by atoms with E-state index in [1.165, 1.54) is 13.2 Å². The van der Waals surface area contributed by atoms with E-state index in [9.17, 15) is 18.0 Å². The predicted molar refractivity (Wildman–Crippen MR) is 110 cm³/mol. The Labute approximate surface area is 184 Å². The number of rotatable bonds is 8.